The first-order valence-corrected chi connectivity index (χ1v) is 6.81. The molecule has 0 atom stereocenters. The summed E-state index contributed by atoms with van der Waals surface area (Å²) >= 11 is 9.18. The number of nitrogens with two attached hydrogens (primary N) is 1. The maximum atomic E-state index is 13.5. The van der Waals surface area contributed by atoms with Gasteiger partial charge in [0.1, 0.15) is 5.69 Å². The zero-order valence-corrected chi connectivity index (χ0v) is 12.7. The molecule has 0 radical (unpaired) electrons. The lowest BCUT2D eigenvalue weighted by Crippen LogP contribution is -2.15. The molecule has 1 amide bonds. The van der Waals surface area contributed by atoms with Crippen molar-refractivity contribution in [3.63, 3.8) is 0 Å². The summed E-state index contributed by atoms with van der Waals surface area (Å²) in [5.74, 6) is 2.35. The van der Waals surface area contributed by atoms with Gasteiger partial charge in [-0.15, -0.1) is 0 Å². The molecular weight excluding hydrogens is 368 g/mol. The number of hydrogen-bond acceptors (Lipinski definition) is 3. The molecule has 110 valence electrons. The van der Waals surface area contributed by atoms with Crippen molar-refractivity contribution < 1.29 is 13.6 Å². The van der Waals surface area contributed by atoms with E-state index in [-0.39, 0.29) is 5.56 Å². The molecule has 0 saturated heterocycles. The van der Waals surface area contributed by atoms with Gasteiger partial charge in [0, 0.05) is 10.0 Å². The van der Waals surface area contributed by atoms with Gasteiger partial charge in [-0.2, -0.15) is 0 Å². The minimum Gasteiger partial charge on any atom is -0.321 e. The summed E-state index contributed by atoms with van der Waals surface area (Å²) in [7, 11) is 0. The number of carbonyl (C=O) groups excluding carboxylic acids is 1. The third kappa shape index (κ3) is 3.49. The Morgan fingerprint density at radius 3 is 2.33 bits per heavy atom. The molecule has 0 aliphatic heterocycles. The van der Waals surface area contributed by atoms with Crippen molar-refractivity contribution in [1.82, 2.24) is 0 Å². The third-order valence-corrected chi connectivity index (χ3v) is 3.43. The van der Waals surface area contributed by atoms with E-state index in [1.54, 1.807) is 18.2 Å². The monoisotopic (exact) mass is 375 g/mol. The first-order chi connectivity index (χ1) is 9.92. The molecule has 21 heavy (non-hydrogen) atoms. The molecule has 0 aliphatic carbocycles. The van der Waals surface area contributed by atoms with Gasteiger partial charge in [-0.3, -0.25) is 10.6 Å². The number of nitrogens with one attached hydrogen (secondary N) is 2. The minimum absolute atomic E-state index is 0.192. The number of rotatable bonds is 3. The highest BCUT2D eigenvalue weighted by Gasteiger charge is 2.15. The van der Waals surface area contributed by atoms with Crippen molar-refractivity contribution in [3.05, 3.63) is 57.0 Å². The Bertz CT molecular complexity index is 689. The molecule has 2 aromatic rings. The highest BCUT2D eigenvalue weighted by Crippen LogP contribution is 2.26. The average Bonchev–Trinajstić information content (AvgIpc) is 2.41. The summed E-state index contributed by atoms with van der Waals surface area (Å²) in [4.78, 5) is 12.0. The molecule has 0 aliphatic rings. The quantitative estimate of drug-likeness (QED) is 0.562. The van der Waals surface area contributed by atoms with E-state index in [1.807, 2.05) is 5.43 Å². The molecule has 0 unspecified atom stereocenters. The SMILES string of the molecule is NNc1c(F)cc(C(=O)Nc2ccc(Br)cc2Cl)cc1F. The van der Waals surface area contributed by atoms with E-state index >= 15 is 0 Å². The number of anilines is 2. The predicted octanol–water partition coefficient (Wildman–Crippen LogP) is 3.92. The summed E-state index contributed by atoms with van der Waals surface area (Å²) in [6.45, 7) is 0. The topological polar surface area (TPSA) is 67.1 Å². The molecule has 4 N–H and O–H groups in total. The van der Waals surface area contributed by atoms with Crippen molar-refractivity contribution >= 4 is 44.8 Å². The summed E-state index contributed by atoms with van der Waals surface area (Å²) in [5, 5.41) is 2.76. The lowest BCUT2D eigenvalue weighted by Gasteiger charge is -2.09. The van der Waals surface area contributed by atoms with Crippen molar-refractivity contribution in [2.45, 2.75) is 0 Å². The number of halogens is 4. The van der Waals surface area contributed by atoms with Crippen LogP contribution in [0.15, 0.2) is 34.8 Å². The first kappa shape index (κ1) is 15.7. The van der Waals surface area contributed by atoms with Gasteiger partial charge < -0.3 is 10.7 Å². The Kier molecular flexibility index (Phi) is 4.76. The number of benzene rings is 2. The van der Waals surface area contributed by atoms with Gasteiger partial charge in [-0.25, -0.2) is 8.78 Å². The Morgan fingerprint density at radius 1 is 1.19 bits per heavy atom. The predicted molar refractivity (Wildman–Crippen MR) is 81.3 cm³/mol. The maximum absolute atomic E-state index is 13.5. The standard InChI is InChI=1S/C13H9BrClF2N3O/c14-7-1-2-11(8(15)5-7)19-13(21)6-3-9(16)12(20-18)10(17)4-6/h1-5,20H,18H2,(H,19,21). The van der Waals surface area contributed by atoms with E-state index in [1.165, 1.54) is 0 Å². The van der Waals surface area contributed by atoms with Crippen molar-refractivity contribution in [3.8, 4) is 0 Å². The van der Waals surface area contributed by atoms with Crippen molar-refractivity contribution in [2.24, 2.45) is 5.84 Å². The second kappa shape index (κ2) is 6.38. The van der Waals surface area contributed by atoms with E-state index in [0.29, 0.717) is 10.7 Å². The molecule has 0 saturated carbocycles. The number of hydrazine groups is 1. The molecule has 0 bridgehead atoms. The second-order valence-corrected chi connectivity index (χ2v) is 5.36. The highest BCUT2D eigenvalue weighted by molar-refractivity contribution is 9.10. The molecule has 0 aromatic heterocycles. The van der Waals surface area contributed by atoms with E-state index in [0.717, 1.165) is 16.6 Å². The largest absolute Gasteiger partial charge is 0.321 e. The van der Waals surface area contributed by atoms with Gasteiger partial charge in [0.05, 0.1) is 10.7 Å². The normalized spacial score (nSPS) is 10.3. The highest BCUT2D eigenvalue weighted by atomic mass is 79.9. The van der Waals surface area contributed by atoms with E-state index in [2.05, 4.69) is 21.2 Å². The van der Waals surface area contributed by atoms with Crippen molar-refractivity contribution in [1.29, 1.82) is 0 Å². The zero-order valence-electron chi connectivity index (χ0n) is 10.4. The van der Waals surface area contributed by atoms with Crippen LogP contribution in [0.5, 0.6) is 0 Å². The van der Waals surface area contributed by atoms with Crippen LogP contribution in [0.4, 0.5) is 20.2 Å². The van der Waals surface area contributed by atoms with Crippen LogP contribution in [0.25, 0.3) is 0 Å². The number of nitrogen functional groups attached to an aromatic ring is 1. The first-order valence-electron chi connectivity index (χ1n) is 5.64. The Hall–Kier alpha value is -1.70. The van der Waals surface area contributed by atoms with Crippen LogP contribution in [-0.2, 0) is 0 Å². The molecule has 8 heteroatoms. The van der Waals surface area contributed by atoms with Gasteiger partial charge >= 0.3 is 0 Å². The second-order valence-electron chi connectivity index (χ2n) is 4.04. The molecular formula is C13H9BrClF2N3O. The van der Waals surface area contributed by atoms with Crippen LogP contribution in [0.1, 0.15) is 10.4 Å². The Labute approximate surface area is 132 Å². The number of carbonyl (C=O) groups is 1. The van der Waals surface area contributed by atoms with E-state index in [9.17, 15) is 13.6 Å². The lowest BCUT2D eigenvalue weighted by atomic mass is 10.1. The Morgan fingerprint density at radius 2 is 1.81 bits per heavy atom. The van der Waals surface area contributed by atoms with Crippen LogP contribution in [0.2, 0.25) is 5.02 Å². The summed E-state index contributed by atoms with van der Waals surface area (Å²) in [6, 6.07) is 6.57. The molecule has 2 rings (SSSR count). The summed E-state index contributed by atoms with van der Waals surface area (Å²) in [6.07, 6.45) is 0. The van der Waals surface area contributed by atoms with Gasteiger partial charge in [-0.05, 0) is 30.3 Å². The van der Waals surface area contributed by atoms with E-state index < -0.39 is 23.2 Å². The van der Waals surface area contributed by atoms with Crippen LogP contribution in [-0.4, -0.2) is 5.91 Å². The fourth-order valence-corrected chi connectivity index (χ4v) is 2.35. The van der Waals surface area contributed by atoms with Crippen LogP contribution in [0.3, 0.4) is 0 Å². The fourth-order valence-electron chi connectivity index (χ4n) is 1.63. The number of hydrogen-bond donors (Lipinski definition) is 3. The van der Waals surface area contributed by atoms with Crippen LogP contribution < -0.4 is 16.6 Å². The molecule has 4 nitrogen and oxygen atoms in total. The summed E-state index contributed by atoms with van der Waals surface area (Å²) in [5.41, 5.74) is 1.51. The fraction of sp³-hybridized carbons (Fsp3) is 0. The van der Waals surface area contributed by atoms with Crippen molar-refractivity contribution in [2.75, 3.05) is 10.7 Å². The molecule has 0 heterocycles. The molecule has 0 fully saturated rings. The average molecular weight is 377 g/mol. The molecule has 2 aromatic carbocycles. The number of amides is 1. The van der Waals surface area contributed by atoms with Crippen LogP contribution >= 0.6 is 27.5 Å². The smallest absolute Gasteiger partial charge is 0.255 e. The molecule has 0 spiro atoms. The van der Waals surface area contributed by atoms with Gasteiger partial charge in [0.15, 0.2) is 11.6 Å². The third-order valence-electron chi connectivity index (χ3n) is 2.63. The van der Waals surface area contributed by atoms with Gasteiger partial charge in [0.2, 0.25) is 0 Å². The van der Waals surface area contributed by atoms with E-state index in [4.69, 9.17) is 17.4 Å². The Balaban J connectivity index is 2.28. The lowest BCUT2D eigenvalue weighted by molar-refractivity contribution is 0.102. The van der Waals surface area contributed by atoms with Gasteiger partial charge in [0.25, 0.3) is 5.91 Å². The zero-order chi connectivity index (χ0) is 15.6. The summed E-state index contributed by atoms with van der Waals surface area (Å²) < 4.78 is 27.8. The minimum atomic E-state index is -0.968. The van der Waals surface area contributed by atoms with Crippen LogP contribution in [0, 0.1) is 11.6 Å². The maximum Gasteiger partial charge on any atom is 0.255 e. The van der Waals surface area contributed by atoms with Gasteiger partial charge in [-0.1, -0.05) is 27.5 Å².